The lowest BCUT2D eigenvalue weighted by molar-refractivity contribution is 0.112. The van der Waals surface area contributed by atoms with Gasteiger partial charge in [-0.05, 0) is 38.0 Å². The van der Waals surface area contributed by atoms with E-state index >= 15 is 0 Å². The number of hydrogen-bond acceptors (Lipinski definition) is 3. The van der Waals surface area contributed by atoms with Gasteiger partial charge in [0.1, 0.15) is 5.01 Å². The predicted octanol–water partition coefficient (Wildman–Crippen LogP) is 3.55. The molecule has 0 saturated heterocycles. The molecule has 0 aliphatic rings. The third-order valence-electron chi connectivity index (χ3n) is 2.69. The second-order valence-corrected chi connectivity index (χ2v) is 4.92. The number of nitrogens with zero attached hydrogens (tertiary/aromatic N) is 1. The second kappa shape index (κ2) is 4.18. The van der Waals surface area contributed by atoms with Crippen molar-refractivity contribution < 1.29 is 4.79 Å². The Morgan fingerprint density at radius 3 is 2.50 bits per heavy atom. The maximum atomic E-state index is 10.8. The van der Waals surface area contributed by atoms with Crippen molar-refractivity contribution in [3.8, 4) is 10.6 Å². The smallest absolute Gasteiger partial charge is 0.161 e. The molecule has 0 saturated carbocycles. The fourth-order valence-corrected chi connectivity index (χ4v) is 2.39. The van der Waals surface area contributed by atoms with E-state index in [0.29, 0.717) is 4.88 Å². The molecule has 0 radical (unpaired) electrons. The van der Waals surface area contributed by atoms with Crippen LogP contribution in [0.25, 0.3) is 10.6 Å². The molecule has 3 heteroatoms. The molecule has 2 aromatic rings. The number of carbonyl (C=O) groups is 1. The summed E-state index contributed by atoms with van der Waals surface area (Å²) in [5, 5.41) is 0.919. The Hall–Kier alpha value is -1.48. The summed E-state index contributed by atoms with van der Waals surface area (Å²) in [6.07, 6.45) is 0.873. The molecule has 1 heterocycles. The number of aldehydes is 1. The van der Waals surface area contributed by atoms with Crippen molar-refractivity contribution in [3.05, 3.63) is 39.9 Å². The minimum atomic E-state index is 0.716. The molecule has 0 spiro atoms. The van der Waals surface area contributed by atoms with E-state index in [1.807, 2.05) is 6.92 Å². The van der Waals surface area contributed by atoms with E-state index in [4.69, 9.17) is 0 Å². The van der Waals surface area contributed by atoms with Crippen LogP contribution in [0.3, 0.4) is 0 Å². The number of rotatable bonds is 2. The van der Waals surface area contributed by atoms with Crippen LogP contribution in [0.4, 0.5) is 0 Å². The lowest BCUT2D eigenvalue weighted by atomic mass is 10.1. The molecule has 0 atom stereocenters. The Morgan fingerprint density at radius 1 is 1.19 bits per heavy atom. The number of aromatic nitrogens is 1. The maximum absolute atomic E-state index is 10.8. The summed E-state index contributed by atoms with van der Waals surface area (Å²) in [4.78, 5) is 15.9. The van der Waals surface area contributed by atoms with Gasteiger partial charge < -0.3 is 0 Å². The van der Waals surface area contributed by atoms with Crippen LogP contribution in [0.5, 0.6) is 0 Å². The summed E-state index contributed by atoms with van der Waals surface area (Å²) in [7, 11) is 0. The summed E-state index contributed by atoms with van der Waals surface area (Å²) in [5.74, 6) is 0. The van der Waals surface area contributed by atoms with Crippen LogP contribution >= 0.6 is 11.3 Å². The van der Waals surface area contributed by atoms with Gasteiger partial charge in [-0.15, -0.1) is 11.3 Å². The maximum Gasteiger partial charge on any atom is 0.161 e. The lowest BCUT2D eigenvalue weighted by Gasteiger charge is -2.01. The Labute approximate surface area is 99.0 Å². The number of carbonyl (C=O) groups excluding carboxylic acids is 1. The van der Waals surface area contributed by atoms with Gasteiger partial charge >= 0.3 is 0 Å². The van der Waals surface area contributed by atoms with E-state index in [2.05, 4.69) is 37.0 Å². The molecule has 16 heavy (non-hydrogen) atoms. The van der Waals surface area contributed by atoms with Crippen LogP contribution in [-0.4, -0.2) is 11.3 Å². The first-order valence-corrected chi connectivity index (χ1v) is 5.93. The van der Waals surface area contributed by atoms with Gasteiger partial charge in [0.15, 0.2) is 6.29 Å². The quantitative estimate of drug-likeness (QED) is 0.740. The molecule has 2 nitrogen and oxygen atoms in total. The highest BCUT2D eigenvalue weighted by molar-refractivity contribution is 7.16. The van der Waals surface area contributed by atoms with Gasteiger partial charge in [0.05, 0.1) is 10.6 Å². The van der Waals surface area contributed by atoms with Crippen LogP contribution in [0, 0.1) is 20.8 Å². The molecule has 0 unspecified atom stereocenters. The number of thiazole rings is 1. The fraction of sp³-hybridized carbons (Fsp3) is 0.231. The summed E-state index contributed by atoms with van der Waals surface area (Å²) in [6, 6.07) is 6.25. The SMILES string of the molecule is Cc1ccc(-c2nc(C)c(C=O)s2)cc1C. The van der Waals surface area contributed by atoms with E-state index in [1.165, 1.54) is 22.5 Å². The standard InChI is InChI=1S/C13H13NOS/c1-8-4-5-11(6-9(8)2)13-14-10(3)12(7-15)16-13/h4-7H,1-3H3. The first-order chi connectivity index (χ1) is 7.61. The van der Waals surface area contributed by atoms with Crippen molar-refractivity contribution in [1.82, 2.24) is 4.98 Å². The molecule has 0 aliphatic heterocycles. The molecule has 0 fully saturated rings. The zero-order valence-corrected chi connectivity index (χ0v) is 10.4. The van der Waals surface area contributed by atoms with Crippen LogP contribution in [0.15, 0.2) is 18.2 Å². The van der Waals surface area contributed by atoms with Gasteiger partial charge in [0, 0.05) is 5.56 Å². The van der Waals surface area contributed by atoms with E-state index in [1.54, 1.807) is 0 Å². The minimum absolute atomic E-state index is 0.716. The number of aryl methyl sites for hydroxylation is 3. The van der Waals surface area contributed by atoms with Crippen molar-refractivity contribution in [1.29, 1.82) is 0 Å². The van der Waals surface area contributed by atoms with Crippen LogP contribution in [0.1, 0.15) is 26.5 Å². The fourth-order valence-electron chi connectivity index (χ4n) is 1.52. The van der Waals surface area contributed by atoms with Crippen molar-refractivity contribution >= 4 is 17.6 Å². The summed E-state index contributed by atoms with van der Waals surface area (Å²) >= 11 is 1.45. The van der Waals surface area contributed by atoms with E-state index in [9.17, 15) is 4.79 Å². The third-order valence-corrected chi connectivity index (χ3v) is 3.83. The summed E-state index contributed by atoms with van der Waals surface area (Å²) in [5.41, 5.74) is 4.42. The van der Waals surface area contributed by atoms with Gasteiger partial charge in [0.25, 0.3) is 0 Å². The average molecular weight is 231 g/mol. The first kappa shape index (κ1) is 11.0. The summed E-state index contributed by atoms with van der Waals surface area (Å²) < 4.78 is 0. The Morgan fingerprint density at radius 2 is 1.94 bits per heavy atom. The Bertz CT molecular complexity index is 543. The van der Waals surface area contributed by atoms with Crippen molar-refractivity contribution in [3.63, 3.8) is 0 Å². The number of benzene rings is 1. The van der Waals surface area contributed by atoms with Gasteiger partial charge in [-0.1, -0.05) is 12.1 Å². The van der Waals surface area contributed by atoms with Crippen molar-refractivity contribution in [2.24, 2.45) is 0 Å². The van der Waals surface area contributed by atoms with E-state index in [0.717, 1.165) is 22.6 Å². The van der Waals surface area contributed by atoms with Crippen LogP contribution in [-0.2, 0) is 0 Å². The highest BCUT2D eigenvalue weighted by atomic mass is 32.1. The Balaban J connectivity index is 2.50. The lowest BCUT2D eigenvalue weighted by Crippen LogP contribution is -1.83. The van der Waals surface area contributed by atoms with Gasteiger partial charge in [-0.25, -0.2) is 4.98 Å². The molecular formula is C13H13NOS. The molecule has 0 bridgehead atoms. The topological polar surface area (TPSA) is 30.0 Å². The molecule has 0 amide bonds. The molecular weight excluding hydrogens is 218 g/mol. The zero-order valence-electron chi connectivity index (χ0n) is 9.57. The van der Waals surface area contributed by atoms with Crippen molar-refractivity contribution in [2.45, 2.75) is 20.8 Å². The highest BCUT2D eigenvalue weighted by Crippen LogP contribution is 2.28. The van der Waals surface area contributed by atoms with Crippen LogP contribution < -0.4 is 0 Å². The van der Waals surface area contributed by atoms with Gasteiger partial charge in [0.2, 0.25) is 0 Å². The normalized spacial score (nSPS) is 10.4. The molecule has 1 aromatic carbocycles. The first-order valence-electron chi connectivity index (χ1n) is 5.12. The molecule has 0 N–H and O–H groups in total. The second-order valence-electron chi connectivity index (χ2n) is 3.89. The molecule has 82 valence electrons. The number of hydrogen-bond donors (Lipinski definition) is 0. The predicted molar refractivity (Wildman–Crippen MR) is 67.1 cm³/mol. The monoisotopic (exact) mass is 231 g/mol. The largest absolute Gasteiger partial charge is 0.297 e. The van der Waals surface area contributed by atoms with E-state index < -0.39 is 0 Å². The minimum Gasteiger partial charge on any atom is -0.297 e. The van der Waals surface area contributed by atoms with Gasteiger partial charge in [-0.2, -0.15) is 0 Å². The Kier molecular flexibility index (Phi) is 2.88. The van der Waals surface area contributed by atoms with E-state index in [-0.39, 0.29) is 0 Å². The third kappa shape index (κ3) is 1.91. The van der Waals surface area contributed by atoms with Crippen molar-refractivity contribution in [2.75, 3.05) is 0 Å². The molecule has 1 aromatic heterocycles. The van der Waals surface area contributed by atoms with Crippen LogP contribution in [0.2, 0.25) is 0 Å². The highest BCUT2D eigenvalue weighted by Gasteiger charge is 2.08. The van der Waals surface area contributed by atoms with Gasteiger partial charge in [-0.3, -0.25) is 4.79 Å². The summed E-state index contributed by atoms with van der Waals surface area (Å²) in [6.45, 7) is 6.04. The molecule has 0 aliphatic carbocycles. The molecule has 2 rings (SSSR count). The zero-order chi connectivity index (χ0) is 11.7. The average Bonchev–Trinajstić information content (AvgIpc) is 2.64.